The van der Waals surface area contributed by atoms with Gasteiger partial charge >= 0.3 is 12.0 Å². The predicted octanol–water partition coefficient (Wildman–Crippen LogP) is 2.92. The fraction of sp³-hybridized carbons (Fsp3) is 0.560. The molecule has 1 aromatic rings. The summed E-state index contributed by atoms with van der Waals surface area (Å²) in [6, 6.07) is 4.70. The van der Waals surface area contributed by atoms with E-state index in [2.05, 4.69) is 10.2 Å². The zero-order valence-electron chi connectivity index (χ0n) is 20.5. The quantitative estimate of drug-likeness (QED) is 0.586. The van der Waals surface area contributed by atoms with Crippen LogP contribution in [0.15, 0.2) is 35.5 Å². The SMILES string of the molecule is CCOC(=O)C1=C(CN2CCN(C(=O)CC(C)C)CC2)N(CC)C(=O)NC1c1ccc(F)cc1. The lowest BCUT2D eigenvalue weighted by Gasteiger charge is -2.40. The van der Waals surface area contributed by atoms with Crippen molar-refractivity contribution < 1.29 is 23.5 Å². The molecule has 2 heterocycles. The second-order valence-corrected chi connectivity index (χ2v) is 9.01. The van der Waals surface area contributed by atoms with Crippen LogP contribution < -0.4 is 5.32 Å². The first-order valence-corrected chi connectivity index (χ1v) is 12.0. The van der Waals surface area contributed by atoms with Crippen LogP contribution in [0.5, 0.6) is 0 Å². The standard InChI is InChI=1S/C25H35FN4O4/c1-5-30-20(16-28-11-13-29(14-12-28)21(31)15-17(3)4)22(24(32)34-6-2)23(27-25(30)33)18-7-9-19(26)10-8-18/h7-10,17,23H,5-6,11-16H2,1-4H3,(H,27,33). The third kappa shape index (κ3) is 5.94. The highest BCUT2D eigenvalue weighted by Gasteiger charge is 2.38. The summed E-state index contributed by atoms with van der Waals surface area (Å²) in [5.74, 6) is -0.432. The van der Waals surface area contributed by atoms with E-state index in [4.69, 9.17) is 4.74 Å². The fourth-order valence-electron chi connectivity index (χ4n) is 4.41. The van der Waals surface area contributed by atoms with Crippen molar-refractivity contribution in [1.29, 1.82) is 0 Å². The second-order valence-electron chi connectivity index (χ2n) is 9.01. The van der Waals surface area contributed by atoms with Gasteiger partial charge in [-0.15, -0.1) is 0 Å². The number of halogens is 1. The van der Waals surface area contributed by atoms with Crippen molar-refractivity contribution in [2.45, 2.75) is 40.2 Å². The van der Waals surface area contributed by atoms with Gasteiger partial charge in [-0.3, -0.25) is 14.6 Å². The molecule has 2 aliphatic heterocycles. The zero-order chi connectivity index (χ0) is 24.8. The van der Waals surface area contributed by atoms with E-state index in [9.17, 15) is 18.8 Å². The van der Waals surface area contributed by atoms with Crippen LogP contribution >= 0.6 is 0 Å². The Morgan fingerprint density at radius 1 is 1.12 bits per heavy atom. The molecule has 34 heavy (non-hydrogen) atoms. The van der Waals surface area contributed by atoms with Crippen molar-refractivity contribution in [3.8, 4) is 0 Å². The van der Waals surface area contributed by atoms with Gasteiger partial charge in [0.1, 0.15) is 5.82 Å². The van der Waals surface area contributed by atoms with Crippen molar-refractivity contribution in [2.75, 3.05) is 45.9 Å². The average molecular weight is 475 g/mol. The van der Waals surface area contributed by atoms with Gasteiger partial charge in [0, 0.05) is 51.4 Å². The summed E-state index contributed by atoms with van der Waals surface area (Å²) in [7, 11) is 0. The predicted molar refractivity (Wildman–Crippen MR) is 126 cm³/mol. The normalized spacial score (nSPS) is 19.5. The lowest BCUT2D eigenvalue weighted by Crippen LogP contribution is -2.53. The summed E-state index contributed by atoms with van der Waals surface area (Å²) in [6.07, 6.45) is 0.529. The number of hydrogen-bond donors (Lipinski definition) is 1. The number of likely N-dealkylation sites (N-methyl/N-ethyl adjacent to an activating group) is 1. The van der Waals surface area contributed by atoms with Gasteiger partial charge in [-0.1, -0.05) is 26.0 Å². The minimum absolute atomic E-state index is 0.157. The monoisotopic (exact) mass is 474 g/mol. The molecule has 1 aromatic carbocycles. The minimum atomic E-state index is -0.737. The zero-order valence-corrected chi connectivity index (χ0v) is 20.5. The summed E-state index contributed by atoms with van der Waals surface area (Å²) in [6.45, 7) is 11.1. The maximum Gasteiger partial charge on any atom is 0.338 e. The van der Waals surface area contributed by atoms with Crippen LogP contribution in [0.3, 0.4) is 0 Å². The van der Waals surface area contributed by atoms with E-state index in [0.29, 0.717) is 68.4 Å². The van der Waals surface area contributed by atoms with Crippen molar-refractivity contribution in [3.05, 3.63) is 46.9 Å². The average Bonchev–Trinajstić information content (AvgIpc) is 2.79. The molecule has 9 heteroatoms. The smallest absolute Gasteiger partial charge is 0.338 e. The van der Waals surface area contributed by atoms with Gasteiger partial charge in [0.2, 0.25) is 5.91 Å². The summed E-state index contributed by atoms with van der Waals surface area (Å²) in [5.41, 5.74) is 1.55. The fourth-order valence-corrected chi connectivity index (χ4v) is 4.41. The summed E-state index contributed by atoms with van der Waals surface area (Å²) < 4.78 is 18.9. The molecule has 0 saturated carbocycles. The van der Waals surface area contributed by atoms with E-state index in [0.717, 1.165) is 0 Å². The Labute approximate surface area is 200 Å². The first-order valence-electron chi connectivity index (χ1n) is 12.0. The number of esters is 1. The third-order valence-corrected chi connectivity index (χ3v) is 6.13. The largest absolute Gasteiger partial charge is 0.463 e. The number of piperazine rings is 1. The van der Waals surface area contributed by atoms with Crippen LogP contribution in [0.25, 0.3) is 0 Å². The Hall–Kier alpha value is -2.94. The van der Waals surface area contributed by atoms with Crippen LogP contribution in [0, 0.1) is 11.7 Å². The van der Waals surface area contributed by atoms with Crippen LogP contribution in [-0.4, -0.2) is 78.5 Å². The molecule has 0 aromatic heterocycles. The molecule has 0 bridgehead atoms. The summed E-state index contributed by atoms with van der Waals surface area (Å²) in [5, 5.41) is 2.88. The van der Waals surface area contributed by atoms with E-state index in [1.807, 2.05) is 25.7 Å². The van der Waals surface area contributed by atoms with Gasteiger partial charge < -0.3 is 15.0 Å². The van der Waals surface area contributed by atoms with Gasteiger partial charge in [0.15, 0.2) is 0 Å². The summed E-state index contributed by atoms with van der Waals surface area (Å²) >= 11 is 0. The second kappa shape index (κ2) is 11.5. The molecule has 1 saturated heterocycles. The minimum Gasteiger partial charge on any atom is -0.463 e. The van der Waals surface area contributed by atoms with Gasteiger partial charge in [0.25, 0.3) is 0 Å². The molecule has 2 aliphatic rings. The highest BCUT2D eigenvalue weighted by Crippen LogP contribution is 2.32. The lowest BCUT2D eigenvalue weighted by atomic mass is 9.94. The van der Waals surface area contributed by atoms with Gasteiger partial charge in [-0.05, 0) is 37.5 Å². The molecule has 3 rings (SSSR count). The molecule has 0 aliphatic carbocycles. The Balaban J connectivity index is 1.90. The molecule has 186 valence electrons. The molecular formula is C25H35FN4O4. The van der Waals surface area contributed by atoms with Crippen LogP contribution in [0.2, 0.25) is 0 Å². The molecular weight excluding hydrogens is 439 g/mol. The third-order valence-electron chi connectivity index (χ3n) is 6.13. The molecule has 1 N–H and O–H groups in total. The van der Waals surface area contributed by atoms with E-state index < -0.39 is 17.8 Å². The van der Waals surface area contributed by atoms with Crippen LogP contribution in [0.4, 0.5) is 9.18 Å². The Morgan fingerprint density at radius 3 is 2.32 bits per heavy atom. The number of amides is 3. The van der Waals surface area contributed by atoms with Gasteiger partial charge in [0.05, 0.1) is 18.2 Å². The number of ether oxygens (including phenoxy) is 1. The molecule has 0 radical (unpaired) electrons. The molecule has 1 fully saturated rings. The Bertz CT molecular complexity index is 923. The topological polar surface area (TPSA) is 82.2 Å². The molecule has 0 spiro atoms. The highest BCUT2D eigenvalue weighted by atomic mass is 19.1. The maximum atomic E-state index is 13.5. The Kier molecular flexibility index (Phi) is 8.66. The van der Waals surface area contributed by atoms with Crippen molar-refractivity contribution in [1.82, 2.24) is 20.0 Å². The van der Waals surface area contributed by atoms with Crippen LogP contribution in [0.1, 0.15) is 45.7 Å². The maximum absolute atomic E-state index is 13.5. The number of rotatable bonds is 8. The van der Waals surface area contributed by atoms with Gasteiger partial charge in [-0.2, -0.15) is 0 Å². The van der Waals surface area contributed by atoms with Crippen molar-refractivity contribution in [3.63, 3.8) is 0 Å². The number of nitrogens with one attached hydrogen (secondary N) is 1. The number of carbonyl (C=O) groups is 3. The Morgan fingerprint density at radius 2 is 1.76 bits per heavy atom. The molecule has 1 unspecified atom stereocenters. The molecule has 3 amide bonds. The number of nitrogens with zero attached hydrogens (tertiary/aromatic N) is 3. The number of carbonyl (C=O) groups excluding carboxylic acids is 3. The molecule has 8 nitrogen and oxygen atoms in total. The first-order chi connectivity index (χ1) is 16.2. The highest BCUT2D eigenvalue weighted by molar-refractivity contribution is 5.95. The lowest BCUT2D eigenvalue weighted by molar-refractivity contribution is -0.139. The van der Waals surface area contributed by atoms with Crippen LogP contribution in [-0.2, 0) is 14.3 Å². The van der Waals surface area contributed by atoms with E-state index in [1.165, 1.54) is 12.1 Å². The van der Waals surface area contributed by atoms with E-state index in [-0.39, 0.29) is 18.5 Å². The van der Waals surface area contributed by atoms with Crippen molar-refractivity contribution >= 4 is 17.9 Å². The number of urea groups is 1. The van der Waals surface area contributed by atoms with E-state index >= 15 is 0 Å². The number of benzene rings is 1. The van der Waals surface area contributed by atoms with Crippen molar-refractivity contribution in [2.24, 2.45) is 5.92 Å². The van der Waals surface area contributed by atoms with E-state index in [1.54, 1.807) is 24.0 Å². The number of hydrogen-bond acceptors (Lipinski definition) is 5. The van der Waals surface area contributed by atoms with Gasteiger partial charge in [-0.25, -0.2) is 14.0 Å². The molecule has 1 atom stereocenters. The summed E-state index contributed by atoms with van der Waals surface area (Å²) in [4.78, 5) is 44.1. The first kappa shape index (κ1) is 25.7.